The van der Waals surface area contributed by atoms with Crippen LogP contribution in [0.2, 0.25) is 0 Å². The minimum absolute atomic E-state index is 0.0176. The monoisotopic (exact) mass is 1090 g/mol. The Kier molecular flexibility index (Phi) is 14.8. The highest BCUT2D eigenvalue weighted by atomic mass is 79.9. The van der Waals surface area contributed by atoms with Crippen molar-refractivity contribution in [2.45, 2.75) is 31.3 Å². The zero-order valence-corrected chi connectivity index (χ0v) is 36.8. The Labute approximate surface area is 363 Å². The molecule has 58 heavy (non-hydrogen) atoms. The number of halogens is 4. The average molecular weight is 1100 g/mol. The third-order valence-corrected chi connectivity index (χ3v) is 11.0. The molecule has 0 spiro atoms. The number of amides is 2. The molecule has 8 bridgehead atoms. The standard InChI is InChI=1S/C34H26Br4N4O14S2/c35-21-9-17-1-3-27(21)53-29-15-19(11-23(37)31(29)55-57(47,48)49)6-8-40-33(43)25(41-45)13-18-2-4-28(22(36)10-18)54-30-16-20(12-24(38)32(30)56-58(50,51)52)14-26(42-46)34(44)39-7-5-17/h1-5,7,9-12,15-16,25-26H,6,8,13-14H2,(H,39,44)(H,40,43)(H,47,48,49)(H,50,51,52)/p-2/b7-5+. The number of ether oxygens (including phenoxy) is 2. The molecule has 4 aliphatic rings. The Balaban J connectivity index is 1.54. The van der Waals surface area contributed by atoms with Gasteiger partial charge in [0.2, 0.25) is 5.91 Å². The summed E-state index contributed by atoms with van der Waals surface area (Å²) in [4.78, 5) is 49.7. The maximum absolute atomic E-state index is 13.0. The maximum atomic E-state index is 13.0. The molecule has 2 N–H and O–H groups in total. The number of carbonyl (C=O) groups is 2. The van der Waals surface area contributed by atoms with Crippen LogP contribution in [0.5, 0.6) is 34.5 Å². The number of carbonyl (C=O) groups excluding carboxylic acids is 2. The predicted octanol–water partition coefficient (Wildman–Crippen LogP) is 6.81. The lowest BCUT2D eigenvalue weighted by atomic mass is 10.0. The van der Waals surface area contributed by atoms with Crippen LogP contribution in [0.4, 0.5) is 0 Å². The Morgan fingerprint density at radius 2 is 1.14 bits per heavy atom. The molecule has 0 fully saturated rings. The van der Waals surface area contributed by atoms with E-state index >= 15 is 0 Å². The summed E-state index contributed by atoms with van der Waals surface area (Å²) in [6.07, 6.45) is 2.36. The van der Waals surface area contributed by atoms with Crippen molar-refractivity contribution >= 4 is 102 Å². The van der Waals surface area contributed by atoms with Crippen molar-refractivity contribution in [3.8, 4) is 34.5 Å². The number of hydrogen-bond acceptors (Lipinski definition) is 16. The minimum atomic E-state index is -5.32. The van der Waals surface area contributed by atoms with Gasteiger partial charge in [-0.05, 0) is 147 Å². The van der Waals surface area contributed by atoms with Crippen molar-refractivity contribution in [3.05, 3.63) is 117 Å². The lowest BCUT2D eigenvalue weighted by molar-refractivity contribution is -0.122. The number of nitrogens with one attached hydrogen (secondary N) is 2. The Hall–Kier alpha value is -4.30. The molecule has 306 valence electrons. The minimum Gasteiger partial charge on any atom is -0.716 e. The first-order chi connectivity index (χ1) is 27.3. The summed E-state index contributed by atoms with van der Waals surface area (Å²) in [5.74, 6) is -2.82. The van der Waals surface area contributed by atoms with Gasteiger partial charge in [-0.2, -0.15) is 0 Å². The van der Waals surface area contributed by atoms with Gasteiger partial charge < -0.3 is 37.6 Å². The Bertz CT molecular complexity index is 2540. The largest absolute Gasteiger partial charge is 0.716 e. The summed E-state index contributed by atoms with van der Waals surface area (Å²) in [6, 6.07) is 11.5. The second-order valence-corrected chi connectivity index (χ2v) is 17.4. The van der Waals surface area contributed by atoms with E-state index in [-0.39, 0.29) is 67.8 Å². The van der Waals surface area contributed by atoms with Crippen molar-refractivity contribution in [1.82, 2.24) is 10.6 Å². The van der Waals surface area contributed by atoms with E-state index in [9.17, 15) is 45.3 Å². The van der Waals surface area contributed by atoms with Crippen molar-refractivity contribution in [2.75, 3.05) is 6.54 Å². The molecule has 2 atom stereocenters. The van der Waals surface area contributed by atoms with Crippen LogP contribution in [0.1, 0.15) is 22.3 Å². The fourth-order valence-corrected chi connectivity index (χ4v) is 8.38. The first-order valence-electron chi connectivity index (χ1n) is 16.1. The zero-order chi connectivity index (χ0) is 42.4. The van der Waals surface area contributed by atoms with Gasteiger partial charge in [-0.25, -0.2) is 16.8 Å². The molecule has 8 rings (SSSR count). The van der Waals surface area contributed by atoms with Gasteiger partial charge in [0.15, 0.2) is 35.1 Å². The second kappa shape index (κ2) is 19.2. The first kappa shape index (κ1) is 44.8. The van der Waals surface area contributed by atoms with Crippen LogP contribution in [-0.2, 0) is 49.6 Å². The zero-order valence-electron chi connectivity index (χ0n) is 28.8. The van der Waals surface area contributed by atoms with Crippen LogP contribution < -0.4 is 28.5 Å². The van der Waals surface area contributed by atoms with Crippen LogP contribution in [0.25, 0.3) is 6.08 Å². The molecule has 4 aromatic rings. The Morgan fingerprint density at radius 3 is 1.69 bits per heavy atom. The summed E-state index contributed by atoms with van der Waals surface area (Å²) in [6.45, 7) is -0.0176. The second-order valence-electron chi connectivity index (χ2n) is 12.0. The van der Waals surface area contributed by atoms with Crippen LogP contribution in [0.3, 0.4) is 0 Å². The molecule has 0 saturated heterocycles. The highest BCUT2D eigenvalue weighted by Gasteiger charge is 2.25. The third kappa shape index (κ3) is 12.4. The van der Waals surface area contributed by atoms with Gasteiger partial charge in [0.05, 0.1) is 17.9 Å². The smallest absolute Gasteiger partial charge is 0.262 e. The number of nitrogens with zero attached hydrogens (tertiary/aromatic N) is 2. The summed E-state index contributed by atoms with van der Waals surface area (Å²) in [5, 5.41) is 11.0. The normalized spacial score (nSPS) is 17.3. The maximum Gasteiger partial charge on any atom is 0.262 e. The number of nitroso groups, excluding NO2 is 2. The average Bonchev–Trinajstić information content (AvgIpc) is 3.13. The van der Waals surface area contributed by atoms with Gasteiger partial charge in [0, 0.05) is 25.6 Å². The van der Waals surface area contributed by atoms with Crippen LogP contribution in [-0.4, -0.2) is 56.4 Å². The molecule has 4 heterocycles. The Morgan fingerprint density at radius 1 is 0.638 bits per heavy atom. The van der Waals surface area contributed by atoms with E-state index in [0.29, 0.717) is 21.2 Å². The van der Waals surface area contributed by atoms with Crippen LogP contribution >= 0.6 is 63.7 Å². The van der Waals surface area contributed by atoms with Gasteiger partial charge >= 0.3 is 0 Å². The SMILES string of the molecule is O=NC1Cc2cc(Br)c(OS(=O)(=O)[O-])c(c2)Oc2ccc(cc2Br)CC(N=O)C(=O)NCCc2cc(Br)c(OS(=O)(=O)[O-])c(c2)Oc2ccc(cc2Br)/C=C/NC1=O. The van der Waals surface area contributed by atoms with E-state index in [4.69, 9.17) is 9.47 Å². The van der Waals surface area contributed by atoms with E-state index in [0.717, 1.165) is 0 Å². The van der Waals surface area contributed by atoms with Crippen LogP contribution in [0, 0.1) is 9.81 Å². The van der Waals surface area contributed by atoms with Gasteiger partial charge in [-0.3, -0.25) is 9.59 Å². The van der Waals surface area contributed by atoms with Crippen molar-refractivity contribution in [3.63, 3.8) is 0 Å². The topological polar surface area (TPSA) is 268 Å². The number of benzene rings is 4. The lowest BCUT2D eigenvalue weighted by Gasteiger charge is -2.18. The van der Waals surface area contributed by atoms with Gasteiger partial charge in [-0.15, -0.1) is 9.81 Å². The molecule has 0 aliphatic carbocycles. The van der Waals surface area contributed by atoms with Crippen molar-refractivity contribution < 1.29 is 53.4 Å². The van der Waals surface area contributed by atoms with E-state index in [1.54, 1.807) is 12.1 Å². The fourth-order valence-electron chi connectivity index (χ4n) is 5.28. The van der Waals surface area contributed by atoms with Crippen molar-refractivity contribution in [2.24, 2.45) is 10.4 Å². The van der Waals surface area contributed by atoms with Crippen LogP contribution in [0.15, 0.2) is 95.1 Å². The van der Waals surface area contributed by atoms with Gasteiger partial charge in [0.1, 0.15) is 11.5 Å². The highest BCUT2D eigenvalue weighted by Crippen LogP contribution is 2.43. The number of rotatable bonds is 6. The number of hydrogen-bond donors (Lipinski definition) is 2. The summed E-state index contributed by atoms with van der Waals surface area (Å²) in [7, 11) is -10.6. The van der Waals surface area contributed by atoms with E-state index in [2.05, 4.69) is 93.1 Å². The molecular weight excluding hydrogens is 1070 g/mol. The molecule has 2 unspecified atom stereocenters. The van der Waals surface area contributed by atoms with E-state index in [1.807, 2.05) is 0 Å². The van der Waals surface area contributed by atoms with Gasteiger partial charge in [-0.1, -0.05) is 22.5 Å². The molecule has 0 saturated carbocycles. The molecule has 4 aliphatic heterocycles. The molecule has 0 radical (unpaired) electrons. The molecule has 4 aromatic carbocycles. The molecular formula is C34H24Br4N4O14S2-2. The predicted molar refractivity (Wildman–Crippen MR) is 218 cm³/mol. The molecule has 0 aromatic heterocycles. The van der Waals surface area contributed by atoms with E-state index in [1.165, 1.54) is 60.8 Å². The molecule has 2 amide bonds. The fraction of sp³-hybridized carbons (Fsp3) is 0.176. The first-order valence-corrected chi connectivity index (χ1v) is 21.9. The molecule has 18 nitrogen and oxygen atoms in total. The molecule has 24 heteroatoms. The summed E-state index contributed by atoms with van der Waals surface area (Å²) >= 11 is 13.1. The lowest BCUT2D eigenvalue weighted by Crippen LogP contribution is -2.35. The summed E-state index contributed by atoms with van der Waals surface area (Å²) < 4.78 is 91.3. The van der Waals surface area contributed by atoms with E-state index < -0.39 is 56.2 Å². The summed E-state index contributed by atoms with van der Waals surface area (Å²) in [5.41, 5.74) is 1.65. The highest BCUT2D eigenvalue weighted by molar-refractivity contribution is 9.11. The van der Waals surface area contributed by atoms with Crippen molar-refractivity contribution in [1.29, 1.82) is 0 Å². The van der Waals surface area contributed by atoms with Gasteiger partial charge in [0.25, 0.3) is 26.7 Å². The quantitative estimate of drug-likeness (QED) is 0.114. The third-order valence-electron chi connectivity index (χ3n) is 7.83.